The number of rotatable bonds is 9. The van der Waals surface area contributed by atoms with E-state index in [9.17, 15) is 19.2 Å². The monoisotopic (exact) mass is 685 g/mol. The quantitative estimate of drug-likeness (QED) is 0.107. The Morgan fingerprint density at radius 3 is 2.45 bits per heavy atom. The number of allylic oxidation sites excluding steroid dienone is 1. The molecule has 4 aromatic carbocycles. The van der Waals surface area contributed by atoms with Crippen molar-refractivity contribution >= 4 is 67.8 Å². The van der Waals surface area contributed by atoms with Gasteiger partial charge in [0.15, 0.2) is 11.2 Å². The van der Waals surface area contributed by atoms with Crippen molar-refractivity contribution in [2.24, 2.45) is 0 Å². The van der Waals surface area contributed by atoms with Crippen molar-refractivity contribution in [2.45, 2.75) is 44.7 Å². The van der Waals surface area contributed by atoms with Gasteiger partial charge >= 0.3 is 11.9 Å². The minimum atomic E-state index is -1.31. The molecule has 7 N–H and O–H groups in total. The fourth-order valence-electron chi connectivity index (χ4n) is 6.12. The summed E-state index contributed by atoms with van der Waals surface area (Å²) in [4.78, 5) is 60.6. The summed E-state index contributed by atoms with van der Waals surface area (Å²) in [6.07, 6.45) is 4.40. The highest BCUT2D eigenvalue weighted by molar-refractivity contribution is 6.09. The van der Waals surface area contributed by atoms with Gasteiger partial charge in [0.2, 0.25) is 5.95 Å². The number of hydrogen-bond acceptors (Lipinski definition) is 9. The molecule has 2 aromatic heterocycles. The third-order valence-electron chi connectivity index (χ3n) is 8.68. The smallest absolute Gasteiger partial charge is 0.326 e. The third-order valence-corrected chi connectivity index (χ3v) is 8.68. The SMILES string of the molecule is C=C1CCCc2c1ccc1c2ccc2ccccc21.Nc1nc2ncc(CNc3ccc(C(=O)NC(CCC(=O)O)C(=O)O)cc3)nc2c(=O)[nH]1. The minimum Gasteiger partial charge on any atom is -0.481 e. The van der Waals surface area contributed by atoms with Gasteiger partial charge in [0.05, 0.1) is 18.4 Å². The Balaban J connectivity index is 0.000000198. The van der Waals surface area contributed by atoms with Crippen LogP contribution in [0, 0.1) is 0 Å². The lowest BCUT2D eigenvalue weighted by Gasteiger charge is -2.20. The molecule has 1 amide bonds. The highest BCUT2D eigenvalue weighted by atomic mass is 16.4. The number of amides is 1. The van der Waals surface area contributed by atoms with Gasteiger partial charge in [-0.05, 0) is 88.2 Å². The summed E-state index contributed by atoms with van der Waals surface area (Å²) in [6.45, 7) is 4.46. The normalized spacial score (nSPS) is 12.8. The molecule has 13 heteroatoms. The lowest BCUT2D eigenvalue weighted by Crippen LogP contribution is -2.41. The number of anilines is 2. The Morgan fingerprint density at radius 2 is 1.69 bits per heavy atom. The second-order valence-electron chi connectivity index (χ2n) is 12.1. The number of carboxylic acid groups (broad SMARTS) is 2. The van der Waals surface area contributed by atoms with Crippen LogP contribution in [0.15, 0.2) is 90.4 Å². The fraction of sp³-hybridized carbons (Fsp3) is 0.184. The Bertz CT molecular complexity index is 2370. The number of aromatic amines is 1. The number of aromatic nitrogens is 4. The van der Waals surface area contributed by atoms with E-state index in [0.717, 1.165) is 6.42 Å². The van der Waals surface area contributed by atoms with Crippen molar-refractivity contribution in [1.29, 1.82) is 0 Å². The zero-order valence-corrected chi connectivity index (χ0v) is 27.5. The molecule has 1 unspecified atom stereocenters. The van der Waals surface area contributed by atoms with Crippen LogP contribution in [-0.4, -0.2) is 54.0 Å². The lowest BCUT2D eigenvalue weighted by atomic mass is 9.84. The van der Waals surface area contributed by atoms with Crippen LogP contribution in [0.4, 0.5) is 11.6 Å². The van der Waals surface area contributed by atoms with E-state index in [1.54, 1.807) is 12.1 Å². The summed E-state index contributed by atoms with van der Waals surface area (Å²) < 4.78 is 0. The van der Waals surface area contributed by atoms with Crippen LogP contribution in [0.1, 0.15) is 52.9 Å². The minimum absolute atomic E-state index is 0.0524. The topological polar surface area (TPSA) is 213 Å². The predicted molar refractivity (Wildman–Crippen MR) is 195 cm³/mol. The first-order chi connectivity index (χ1) is 24.6. The van der Waals surface area contributed by atoms with Crippen molar-refractivity contribution in [1.82, 2.24) is 25.3 Å². The van der Waals surface area contributed by atoms with E-state index in [1.165, 1.54) is 69.4 Å². The molecule has 0 aliphatic heterocycles. The van der Waals surface area contributed by atoms with Crippen LogP contribution in [-0.2, 0) is 22.6 Å². The number of aliphatic carboxylic acids is 2. The summed E-state index contributed by atoms with van der Waals surface area (Å²) in [5.41, 5.74) is 10.7. The molecule has 13 nitrogen and oxygen atoms in total. The Labute approximate surface area is 291 Å². The average Bonchev–Trinajstić information content (AvgIpc) is 3.12. The van der Waals surface area contributed by atoms with Crippen LogP contribution in [0.3, 0.4) is 0 Å². The molecule has 0 spiro atoms. The highest BCUT2D eigenvalue weighted by Crippen LogP contribution is 2.36. The number of hydrogen-bond donors (Lipinski definition) is 6. The largest absolute Gasteiger partial charge is 0.481 e. The molecular weight excluding hydrogens is 650 g/mol. The zero-order chi connectivity index (χ0) is 36.1. The second kappa shape index (κ2) is 14.9. The highest BCUT2D eigenvalue weighted by Gasteiger charge is 2.22. The molecule has 2 heterocycles. The number of carboxylic acids is 2. The van der Waals surface area contributed by atoms with Crippen molar-refractivity contribution in [2.75, 3.05) is 11.1 Å². The molecule has 51 heavy (non-hydrogen) atoms. The molecule has 1 aliphatic rings. The zero-order valence-electron chi connectivity index (χ0n) is 27.5. The van der Waals surface area contributed by atoms with Crippen LogP contribution in [0.25, 0.3) is 38.3 Å². The van der Waals surface area contributed by atoms with Gasteiger partial charge in [0.1, 0.15) is 6.04 Å². The maximum Gasteiger partial charge on any atom is 0.326 e. The molecule has 1 atom stereocenters. The van der Waals surface area contributed by atoms with Gasteiger partial charge in [-0.3, -0.25) is 19.4 Å². The number of nitrogens with one attached hydrogen (secondary N) is 3. The molecule has 0 saturated heterocycles. The van der Waals surface area contributed by atoms with E-state index in [1.807, 2.05) is 0 Å². The van der Waals surface area contributed by atoms with Crippen molar-refractivity contribution < 1.29 is 24.6 Å². The summed E-state index contributed by atoms with van der Waals surface area (Å²) in [7, 11) is 0. The number of nitrogen functional groups attached to an aromatic ring is 1. The van der Waals surface area contributed by atoms with Gasteiger partial charge in [-0.2, -0.15) is 4.98 Å². The number of benzene rings is 4. The summed E-state index contributed by atoms with van der Waals surface area (Å²) in [6, 6.07) is 22.6. The van der Waals surface area contributed by atoms with Crippen LogP contribution in [0.2, 0.25) is 0 Å². The van der Waals surface area contributed by atoms with Crippen molar-refractivity contribution in [3.63, 3.8) is 0 Å². The first kappa shape index (κ1) is 34.2. The van der Waals surface area contributed by atoms with Crippen molar-refractivity contribution in [3.8, 4) is 0 Å². The van der Waals surface area contributed by atoms with Gasteiger partial charge in [0, 0.05) is 17.7 Å². The number of aryl methyl sites for hydroxylation is 1. The molecule has 7 rings (SSSR count). The molecular formula is C38H35N7O6. The van der Waals surface area contributed by atoms with E-state index in [0.29, 0.717) is 11.4 Å². The first-order valence-corrected chi connectivity index (χ1v) is 16.3. The van der Waals surface area contributed by atoms with Gasteiger partial charge < -0.3 is 26.6 Å². The molecule has 0 fully saturated rings. The number of nitrogens with two attached hydrogens (primary N) is 1. The first-order valence-electron chi connectivity index (χ1n) is 16.3. The molecule has 0 radical (unpaired) electrons. The average molecular weight is 686 g/mol. The van der Waals surface area contributed by atoms with Crippen LogP contribution in [0.5, 0.6) is 0 Å². The number of carbonyl (C=O) groups excluding carboxylic acids is 1. The predicted octanol–water partition coefficient (Wildman–Crippen LogP) is 5.30. The van der Waals surface area contributed by atoms with E-state index < -0.39 is 29.4 Å². The fourth-order valence-corrected chi connectivity index (χ4v) is 6.12. The third kappa shape index (κ3) is 7.83. The molecule has 6 aromatic rings. The Morgan fingerprint density at radius 1 is 0.922 bits per heavy atom. The van der Waals surface area contributed by atoms with Gasteiger partial charge in [-0.1, -0.05) is 55.1 Å². The molecule has 258 valence electrons. The Hall–Kier alpha value is -6.63. The lowest BCUT2D eigenvalue weighted by molar-refractivity contribution is -0.140. The van der Waals surface area contributed by atoms with Crippen LogP contribution < -0.4 is 21.9 Å². The van der Waals surface area contributed by atoms with Gasteiger partial charge in [-0.15, -0.1) is 0 Å². The second-order valence-corrected chi connectivity index (χ2v) is 12.1. The molecule has 0 bridgehead atoms. The van der Waals surface area contributed by atoms with Crippen LogP contribution >= 0.6 is 0 Å². The number of H-pyrrole nitrogens is 1. The van der Waals surface area contributed by atoms with E-state index >= 15 is 0 Å². The summed E-state index contributed by atoms with van der Waals surface area (Å²) >= 11 is 0. The van der Waals surface area contributed by atoms with Gasteiger partial charge in [-0.25, -0.2) is 14.8 Å². The number of carbonyl (C=O) groups is 3. The Kier molecular flexibility index (Phi) is 9.98. The van der Waals surface area contributed by atoms with Gasteiger partial charge in [0.25, 0.3) is 11.5 Å². The number of fused-ring (bicyclic) bond motifs is 6. The van der Waals surface area contributed by atoms with Crippen molar-refractivity contribution in [3.05, 3.63) is 118 Å². The maximum absolute atomic E-state index is 12.3. The maximum atomic E-state index is 12.3. The van der Waals surface area contributed by atoms with E-state index in [-0.39, 0.29) is 42.1 Å². The standard InChI is InChI=1S/C19H19N7O6.C19H16/c20-19-25-15-14(17(30)26-19)23-11(8-22-15)7-21-10-3-1-9(2-4-10)16(29)24-12(18(31)32)5-6-13(27)28;1-13-5-4-8-17-15(13)11-12-18-16-7-3-2-6-14(16)9-10-19(17)18/h1-4,8,12,21H,5-7H2,(H,24,29)(H,27,28)(H,31,32)(H3,20,22,25,26,30);2-3,6-7,9-12H,1,4-5,8H2. The number of nitrogens with zero attached hydrogens (tertiary/aromatic N) is 3. The molecule has 1 aliphatic carbocycles. The van der Waals surface area contributed by atoms with E-state index in [2.05, 4.69) is 85.7 Å². The summed E-state index contributed by atoms with van der Waals surface area (Å²) in [5.74, 6) is -3.16. The van der Waals surface area contributed by atoms with E-state index in [4.69, 9.17) is 15.9 Å². The molecule has 0 saturated carbocycles. The summed E-state index contributed by atoms with van der Waals surface area (Å²) in [5, 5.41) is 28.7.